The van der Waals surface area contributed by atoms with E-state index in [1.807, 2.05) is 37.3 Å². The fraction of sp³-hybridized carbons (Fsp3) is 0.432. The van der Waals surface area contributed by atoms with Crippen molar-refractivity contribution in [2.75, 3.05) is 36.8 Å². The molecule has 2 fully saturated rings. The Morgan fingerprint density at radius 3 is 2.34 bits per heavy atom. The van der Waals surface area contributed by atoms with Gasteiger partial charge < -0.3 is 16.4 Å². The number of nitrogens with two attached hydrogens (primary N) is 1. The van der Waals surface area contributed by atoms with Crippen LogP contribution in [0.15, 0.2) is 65.6 Å². The first-order chi connectivity index (χ1) is 22.6. The molecule has 3 aromatic carbocycles. The van der Waals surface area contributed by atoms with Gasteiger partial charge in [-0.15, -0.1) is 0 Å². The van der Waals surface area contributed by atoms with Gasteiger partial charge in [0.1, 0.15) is 5.78 Å². The van der Waals surface area contributed by atoms with E-state index in [1.54, 1.807) is 34.6 Å². The molecule has 1 amide bonds. The monoisotopic (exact) mass is 656 g/mol. The van der Waals surface area contributed by atoms with Gasteiger partial charge in [-0.2, -0.15) is 4.31 Å². The molecule has 10 heteroatoms. The van der Waals surface area contributed by atoms with Gasteiger partial charge in [0, 0.05) is 48.3 Å². The number of benzene rings is 3. The van der Waals surface area contributed by atoms with E-state index in [4.69, 9.17) is 5.73 Å². The number of sulfonamides is 1. The van der Waals surface area contributed by atoms with Crippen molar-refractivity contribution in [2.24, 2.45) is 23.5 Å². The number of anilines is 2. The Bertz CT molecular complexity index is 1760. The first kappa shape index (κ1) is 33.1. The molecule has 1 saturated carbocycles. The van der Waals surface area contributed by atoms with E-state index in [0.29, 0.717) is 53.8 Å². The normalized spacial score (nSPS) is 20.4. The van der Waals surface area contributed by atoms with Crippen molar-refractivity contribution in [2.45, 2.75) is 63.2 Å². The van der Waals surface area contributed by atoms with Gasteiger partial charge in [0.05, 0.1) is 11.4 Å². The number of ketones is 2. The topological polar surface area (TPSA) is 139 Å². The molecular weight excluding hydrogens is 612 g/mol. The zero-order chi connectivity index (χ0) is 33.1. The quantitative estimate of drug-likeness (QED) is 0.245. The second-order valence-electron chi connectivity index (χ2n) is 13.3. The number of rotatable bonds is 11. The molecule has 0 aromatic heterocycles. The first-order valence-electron chi connectivity index (χ1n) is 16.8. The maximum absolute atomic E-state index is 13.7. The number of carbonyl (C=O) groups excluding carboxylic acids is 3. The van der Waals surface area contributed by atoms with Crippen molar-refractivity contribution in [3.05, 3.63) is 77.4 Å². The molecule has 0 unspecified atom stereocenters. The van der Waals surface area contributed by atoms with E-state index < -0.39 is 15.9 Å². The van der Waals surface area contributed by atoms with E-state index in [1.165, 1.54) is 0 Å². The number of nitrogens with one attached hydrogen (secondary N) is 2. The number of hydrogen-bond donors (Lipinski definition) is 3. The standard InChI is InChI=1S/C37H44N4O5S/c1-24-18-31(47(45,46)41-16-2-3-17-41)13-15-32(24)27-8-4-25(5-9-27)19-29(20-35(42)28-10-6-26(22-38)7-11-28)37(44)40-30-12-14-33-34(21-30)39-23-36(33)43/h4-5,8-9,12-15,18,21,26,28-29,39H,2-3,6-7,10-11,16-17,19-20,22-23,38H2,1H3,(H,40,44)/t26?,28?,29-/m1/s1. The molecule has 0 spiro atoms. The summed E-state index contributed by atoms with van der Waals surface area (Å²) in [5.41, 5.74) is 11.4. The Morgan fingerprint density at radius 2 is 1.66 bits per heavy atom. The molecule has 0 bridgehead atoms. The van der Waals surface area contributed by atoms with Gasteiger partial charge in [0.2, 0.25) is 15.9 Å². The summed E-state index contributed by atoms with van der Waals surface area (Å²) in [4.78, 5) is 39.6. The number of hydrogen-bond acceptors (Lipinski definition) is 7. The highest BCUT2D eigenvalue weighted by Crippen LogP contribution is 2.33. The Morgan fingerprint density at radius 1 is 0.957 bits per heavy atom. The van der Waals surface area contributed by atoms with Crippen LogP contribution in [0.3, 0.4) is 0 Å². The third-order valence-electron chi connectivity index (χ3n) is 10.1. The van der Waals surface area contributed by atoms with Gasteiger partial charge in [-0.05, 0) is 117 Å². The molecule has 6 rings (SSSR count). The zero-order valence-corrected chi connectivity index (χ0v) is 27.8. The molecule has 9 nitrogen and oxygen atoms in total. The molecule has 3 aliphatic rings. The molecule has 2 aliphatic heterocycles. The third kappa shape index (κ3) is 7.35. The van der Waals surface area contributed by atoms with Gasteiger partial charge in [-0.25, -0.2) is 8.42 Å². The number of nitrogens with zero attached hydrogens (tertiary/aromatic N) is 1. The number of Topliss-reactive ketones (excluding diaryl/α,β-unsaturated/α-hetero) is 2. The Balaban J connectivity index is 1.18. The maximum atomic E-state index is 13.7. The van der Waals surface area contributed by atoms with E-state index in [-0.39, 0.29) is 36.4 Å². The molecule has 1 saturated heterocycles. The molecular formula is C37H44N4O5S. The maximum Gasteiger partial charge on any atom is 0.243 e. The number of carbonyl (C=O) groups is 3. The smallest absolute Gasteiger partial charge is 0.243 e. The average Bonchev–Trinajstić information content (AvgIpc) is 3.76. The Kier molecular flexibility index (Phi) is 9.91. The number of aryl methyl sites for hydroxylation is 1. The second kappa shape index (κ2) is 14.1. The van der Waals surface area contributed by atoms with Crippen LogP contribution in [0.1, 0.15) is 66.4 Å². The largest absolute Gasteiger partial charge is 0.377 e. The summed E-state index contributed by atoms with van der Waals surface area (Å²) in [5, 5.41) is 6.07. The van der Waals surface area contributed by atoms with Gasteiger partial charge in [0.15, 0.2) is 5.78 Å². The molecule has 3 aromatic rings. The summed E-state index contributed by atoms with van der Waals surface area (Å²) in [6.07, 6.45) is 5.83. The van der Waals surface area contributed by atoms with Crippen molar-refractivity contribution >= 4 is 38.9 Å². The van der Waals surface area contributed by atoms with E-state index in [2.05, 4.69) is 10.6 Å². The van der Waals surface area contributed by atoms with Crippen molar-refractivity contribution in [3.63, 3.8) is 0 Å². The molecule has 2 heterocycles. The Hall–Kier alpha value is -3.86. The SMILES string of the molecule is Cc1cc(S(=O)(=O)N2CCCC2)ccc1-c1ccc(C[C@H](CC(=O)C2CCC(CN)CC2)C(=O)Nc2ccc3c(c2)NCC3=O)cc1. The summed E-state index contributed by atoms with van der Waals surface area (Å²) in [5.74, 6) is -0.240. The number of fused-ring (bicyclic) bond motifs is 1. The highest BCUT2D eigenvalue weighted by molar-refractivity contribution is 7.89. The fourth-order valence-electron chi connectivity index (χ4n) is 7.22. The average molecular weight is 657 g/mol. The summed E-state index contributed by atoms with van der Waals surface area (Å²) in [6, 6.07) is 18.4. The molecule has 0 radical (unpaired) electrons. The van der Waals surface area contributed by atoms with Gasteiger partial charge in [-0.3, -0.25) is 14.4 Å². The Labute approximate surface area is 277 Å². The highest BCUT2D eigenvalue weighted by atomic mass is 32.2. The van der Waals surface area contributed by atoms with Crippen LogP contribution >= 0.6 is 0 Å². The van der Waals surface area contributed by atoms with Crippen LogP contribution in [0, 0.1) is 24.7 Å². The van der Waals surface area contributed by atoms with E-state index in [0.717, 1.165) is 60.8 Å². The van der Waals surface area contributed by atoms with E-state index >= 15 is 0 Å². The van der Waals surface area contributed by atoms with Gasteiger partial charge in [-0.1, -0.05) is 30.3 Å². The summed E-state index contributed by atoms with van der Waals surface area (Å²) < 4.78 is 27.7. The highest BCUT2D eigenvalue weighted by Gasteiger charge is 2.31. The van der Waals surface area contributed by atoms with Crippen LogP contribution in [0.4, 0.5) is 11.4 Å². The minimum atomic E-state index is -3.50. The minimum Gasteiger partial charge on any atom is -0.377 e. The van der Waals surface area contributed by atoms with Crippen molar-refractivity contribution in [3.8, 4) is 11.1 Å². The van der Waals surface area contributed by atoms with Crippen LogP contribution in [0.2, 0.25) is 0 Å². The minimum absolute atomic E-state index is 0.0207. The molecule has 1 aliphatic carbocycles. The van der Waals surface area contributed by atoms with Crippen LogP contribution < -0.4 is 16.4 Å². The van der Waals surface area contributed by atoms with E-state index in [9.17, 15) is 22.8 Å². The van der Waals surface area contributed by atoms with Gasteiger partial charge >= 0.3 is 0 Å². The van der Waals surface area contributed by atoms with Crippen LogP contribution in [0.25, 0.3) is 11.1 Å². The first-order valence-corrected chi connectivity index (χ1v) is 18.2. The lowest BCUT2D eigenvalue weighted by molar-refractivity contribution is -0.129. The van der Waals surface area contributed by atoms with Crippen LogP contribution in [-0.2, 0) is 26.0 Å². The van der Waals surface area contributed by atoms with Crippen LogP contribution in [-0.4, -0.2) is 56.4 Å². The zero-order valence-electron chi connectivity index (χ0n) is 27.0. The lowest BCUT2D eigenvalue weighted by atomic mass is 9.77. The lowest BCUT2D eigenvalue weighted by Crippen LogP contribution is -2.31. The van der Waals surface area contributed by atoms with Crippen molar-refractivity contribution in [1.29, 1.82) is 0 Å². The predicted octanol–water partition coefficient (Wildman–Crippen LogP) is 5.58. The molecule has 248 valence electrons. The second-order valence-corrected chi connectivity index (χ2v) is 15.3. The van der Waals surface area contributed by atoms with Crippen molar-refractivity contribution < 1.29 is 22.8 Å². The fourth-order valence-corrected chi connectivity index (χ4v) is 8.82. The molecule has 47 heavy (non-hydrogen) atoms. The number of amides is 1. The molecule has 1 atom stereocenters. The summed E-state index contributed by atoms with van der Waals surface area (Å²) >= 11 is 0. The lowest BCUT2D eigenvalue weighted by Gasteiger charge is -2.27. The predicted molar refractivity (Wildman–Crippen MR) is 184 cm³/mol. The third-order valence-corrected chi connectivity index (χ3v) is 12.0. The van der Waals surface area contributed by atoms with Gasteiger partial charge in [0.25, 0.3) is 0 Å². The summed E-state index contributed by atoms with van der Waals surface area (Å²) in [7, 11) is -3.50. The molecule has 4 N–H and O–H groups in total. The van der Waals surface area contributed by atoms with Crippen molar-refractivity contribution in [1.82, 2.24) is 4.31 Å². The summed E-state index contributed by atoms with van der Waals surface area (Å²) in [6.45, 7) is 3.94. The van der Waals surface area contributed by atoms with Crippen LogP contribution in [0.5, 0.6) is 0 Å².